The molecule has 19 heavy (non-hydrogen) atoms. The van der Waals surface area contributed by atoms with Crippen molar-refractivity contribution in [1.82, 2.24) is 10.2 Å². The maximum Gasteiger partial charge on any atom is 0.0615 e. The topological polar surface area (TPSA) is 24.5 Å². The summed E-state index contributed by atoms with van der Waals surface area (Å²) in [6.07, 6.45) is 0. The highest BCUT2D eigenvalue weighted by molar-refractivity contribution is 5.23. The summed E-state index contributed by atoms with van der Waals surface area (Å²) in [5.41, 5.74) is 2.73. The number of methoxy groups -OCH3 is 1. The van der Waals surface area contributed by atoms with E-state index in [1.165, 1.54) is 11.1 Å². The molecule has 0 radical (unpaired) electrons. The van der Waals surface area contributed by atoms with Crippen LogP contribution in [0.25, 0.3) is 0 Å². The van der Waals surface area contributed by atoms with E-state index in [1.54, 1.807) is 7.11 Å². The van der Waals surface area contributed by atoms with Crippen molar-refractivity contribution in [2.75, 3.05) is 26.8 Å². The van der Waals surface area contributed by atoms with Gasteiger partial charge >= 0.3 is 0 Å². The Kier molecular flexibility index (Phi) is 7.72. The average Bonchev–Trinajstić information content (AvgIpc) is 2.43. The van der Waals surface area contributed by atoms with Crippen LogP contribution in [0.3, 0.4) is 0 Å². The first-order valence-electron chi connectivity index (χ1n) is 7.22. The molecule has 0 amide bonds. The van der Waals surface area contributed by atoms with Crippen molar-refractivity contribution in [2.45, 2.75) is 39.9 Å². The summed E-state index contributed by atoms with van der Waals surface area (Å²) < 4.78 is 5.25. The number of likely N-dealkylation sites (N-methyl/N-ethyl adjacent to an activating group) is 1. The van der Waals surface area contributed by atoms with Crippen LogP contribution < -0.4 is 5.32 Å². The van der Waals surface area contributed by atoms with Gasteiger partial charge in [0.15, 0.2) is 0 Å². The number of hydrogen-bond donors (Lipinski definition) is 1. The lowest BCUT2D eigenvalue weighted by molar-refractivity contribution is 0.0982. The Balaban J connectivity index is 2.63. The van der Waals surface area contributed by atoms with Gasteiger partial charge in [-0.3, -0.25) is 4.90 Å². The Labute approximate surface area is 118 Å². The van der Waals surface area contributed by atoms with Gasteiger partial charge in [0.1, 0.15) is 0 Å². The van der Waals surface area contributed by atoms with Gasteiger partial charge in [-0.2, -0.15) is 0 Å². The van der Waals surface area contributed by atoms with Gasteiger partial charge in [0, 0.05) is 26.2 Å². The van der Waals surface area contributed by atoms with Crippen molar-refractivity contribution in [1.29, 1.82) is 0 Å². The van der Waals surface area contributed by atoms with Crippen LogP contribution in [-0.2, 0) is 17.8 Å². The number of hydrogen-bond acceptors (Lipinski definition) is 3. The van der Waals surface area contributed by atoms with E-state index in [-0.39, 0.29) is 0 Å². The zero-order valence-electron chi connectivity index (χ0n) is 12.8. The fraction of sp³-hybridized carbons (Fsp3) is 0.625. The maximum atomic E-state index is 5.25. The average molecular weight is 264 g/mol. The van der Waals surface area contributed by atoms with Crippen molar-refractivity contribution in [2.24, 2.45) is 0 Å². The maximum absolute atomic E-state index is 5.25. The summed E-state index contributed by atoms with van der Waals surface area (Å²) in [6.45, 7) is 11.3. The minimum atomic E-state index is 0.451. The van der Waals surface area contributed by atoms with E-state index in [0.717, 1.165) is 32.8 Å². The molecule has 1 atom stereocenters. The summed E-state index contributed by atoms with van der Waals surface area (Å²) in [5.74, 6) is 0. The Morgan fingerprint density at radius 3 is 2.63 bits per heavy atom. The van der Waals surface area contributed by atoms with Crippen LogP contribution in [-0.4, -0.2) is 37.7 Å². The normalized spacial score (nSPS) is 12.9. The number of nitrogens with one attached hydrogen (secondary N) is 1. The molecule has 1 aromatic carbocycles. The number of rotatable bonds is 9. The Morgan fingerprint density at radius 2 is 2.00 bits per heavy atom. The number of ether oxygens (including phenoxy) is 1. The molecule has 0 aliphatic carbocycles. The molecule has 1 N–H and O–H groups in total. The van der Waals surface area contributed by atoms with E-state index in [2.05, 4.69) is 55.3 Å². The van der Waals surface area contributed by atoms with Crippen LogP contribution in [0.15, 0.2) is 24.3 Å². The highest BCUT2D eigenvalue weighted by atomic mass is 16.5. The fourth-order valence-corrected chi connectivity index (χ4v) is 2.27. The Bertz CT molecular complexity index is 354. The van der Waals surface area contributed by atoms with E-state index < -0.39 is 0 Å². The zero-order valence-corrected chi connectivity index (χ0v) is 12.8. The molecule has 0 aliphatic heterocycles. The third-order valence-electron chi connectivity index (χ3n) is 3.39. The predicted molar refractivity (Wildman–Crippen MR) is 81.2 cm³/mol. The molecule has 1 unspecified atom stereocenters. The highest BCUT2D eigenvalue weighted by Crippen LogP contribution is 2.11. The van der Waals surface area contributed by atoms with Crippen LogP contribution in [0.2, 0.25) is 0 Å². The fourth-order valence-electron chi connectivity index (χ4n) is 2.27. The lowest BCUT2D eigenvalue weighted by atomic mass is 10.1. The van der Waals surface area contributed by atoms with Gasteiger partial charge in [0.05, 0.1) is 6.61 Å². The molecule has 0 fully saturated rings. The molecule has 0 aliphatic rings. The standard InChI is InChI=1S/C16H28N2O/c1-5-17-11-15-8-7-9-16(10-15)12-18(6-2)14(3)13-19-4/h7-10,14,17H,5-6,11-13H2,1-4H3. The van der Waals surface area contributed by atoms with Crippen molar-refractivity contribution < 1.29 is 4.74 Å². The van der Waals surface area contributed by atoms with Crippen LogP contribution in [0.5, 0.6) is 0 Å². The van der Waals surface area contributed by atoms with Gasteiger partial charge in [-0.15, -0.1) is 0 Å². The van der Waals surface area contributed by atoms with E-state index in [4.69, 9.17) is 4.74 Å². The van der Waals surface area contributed by atoms with Gasteiger partial charge in [-0.1, -0.05) is 38.1 Å². The number of nitrogens with zero attached hydrogens (tertiary/aromatic N) is 1. The second-order valence-corrected chi connectivity index (χ2v) is 4.97. The third kappa shape index (κ3) is 5.72. The molecule has 0 saturated carbocycles. The van der Waals surface area contributed by atoms with Gasteiger partial charge in [0.2, 0.25) is 0 Å². The Morgan fingerprint density at radius 1 is 1.26 bits per heavy atom. The van der Waals surface area contributed by atoms with E-state index in [0.29, 0.717) is 6.04 Å². The zero-order chi connectivity index (χ0) is 14.1. The van der Waals surface area contributed by atoms with Crippen LogP contribution in [0, 0.1) is 0 Å². The Hall–Kier alpha value is -0.900. The summed E-state index contributed by atoms with van der Waals surface area (Å²) in [4.78, 5) is 2.44. The molecule has 1 rings (SSSR count). The SMILES string of the molecule is CCNCc1cccc(CN(CC)C(C)COC)c1. The van der Waals surface area contributed by atoms with Crippen molar-refractivity contribution in [3.8, 4) is 0 Å². The first-order valence-corrected chi connectivity index (χ1v) is 7.22. The molecule has 3 heteroatoms. The van der Waals surface area contributed by atoms with Crippen molar-refractivity contribution in [3.63, 3.8) is 0 Å². The summed E-state index contributed by atoms with van der Waals surface area (Å²) in [7, 11) is 1.77. The second kappa shape index (κ2) is 9.08. The smallest absolute Gasteiger partial charge is 0.0615 e. The largest absolute Gasteiger partial charge is 0.383 e. The lowest BCUT2D eigenvalue weighted by Crippen LogP contribution is -2.35. The van der Waals surface area contributed by atoms with Crippen LogP contribution in [0.1, 0.15) is 31.9 Å². The van der Waals surface area contributed by atoms with Gasteiger partial charge in [-0.25, -0.2) is 0 Å². The summed E-state index contributed by atoms with van der Waals surface area (Å²) in [5, 5.41) is 3.37. The third-order valence-corrected chi connectivity index (χ3v) is 3.39. The molecule has 0 aromatic heterocycles. The molecule has 0 saturated heterocycles. The minimum absolute atomic E-state index is 0.451. The monoisotopic (exact) mass is 264 g/mol. The van der Waals surface area contributed by atoms with E-state index >= 15 is 0 Å². The van der Waals surface area contributed by atoms with Crippen molar-refractivity contribution in [3.05, 3.63) is 35.4 Å². The molecule has 0 bridgehead atoms. The van der Waals surface area contributed by atoms with E-state index in [1.807, 2.05) is 0 Å². The lowest BCUT2D eigenvalue weighted by Gasteiger charge is -2.27. The van der Waals surface area contributed by atoms with Gasteiger partial charge in [0.25, 0.3) is 0 Å². The molecule has 1 aromatic rings. The first-order chi connectivity index (χ1) is 9.21. The molecule has 0 heterocycles. The van der Waals surface area contributed by atoms with Crippen LogP contribution in [0.4, 0.5) is 0 Å². The predicted octanol–water partition coefficient (Wildman–Crippen LogP) is 2.65. The van der Waals surface area contributed by atoms with Gasteiger partial charge in [-0.05, 0) is 31.1 Å². The van der Waals surface area contributed by atoms with Gasteiger partial charge < -0.3 is 10.1 Å². The highest BCUT2D eigenvalue weighted by Gasteiger charge is 2.12. The van der Waals surface area contributed by atoms with Crippen LogP contribution >= 0.6 is 0 Å². The van der Waals surface area contributed by atoms with Crippen molar-refractivity contribution >= 4 is 0 Å². The molecule has 3 nitrogen and oxygen atoms in total. The quantitative estimate of drug-likeness (QED) is 0.742. The second-order valence-electron chi connectivity index (χ2n) is 4.97. The van der Waals surface area contributed by atoms with E-state index in [9.17, 15) is 0 Å². The summed E-state index contributed by atoms with van der Waals surface area (Å²) >= 11 is 0. The number of benzene rings is 1. The minimum Gasteiger partial charge on any atom is -0.383 e. The molecule has 0 spiro atoms. The molecule has 108 valence electrons. The first kappa shape index (κ1) is 16.2. The summed E-state index contributed by atoms with van der Waals surface area (Å²) in [6, 6.07) is 9.28. The molecular formula is C16H28N2O. The molecular weight excluding hydrogens is 236 g/mol.